The number of imidazole rings is 1. The lowest BCUT2D eigenvalue weighted by atomic mass is 10.2. The average molecular weight is 458 g/mol. The van der Waals surface area contributed by atoms with Gasteiger partial charge in [-0.25, -0.2) is 14.2 Å². The summed E-state index contributed by atoms with van der Waals surface area (Å²) in [4.78, 5) is 44.8. The summed E-state index contributed by atoms with van der Waals surface area (Å²) in [5.74, 6) is 0.0215. The molecule has 1 amide bonds. The van der Waals surface area contributed by atoms with Crippen LogP contribution < -0.4 is 16.6 Å². The monoisotopic (exact) mass is 457 g/mol. The van der Waals surface area contributed by atoms with Gasteiger partial charge in [0.15, 0.2) is 11.2 Å². The van der Waals surface area contributed by atoms with Gasteiger partial charge < -0.3 is 9.88 Å². The molecule has 3 rings (SSSR count). The molecule has 3 aromatic rings. The van der Waals surface area contributed by atoms with Crippen molar-refractivity contribution in [2.45, 2.75) is 78.8 Å². The van der Waals surface area contributed by atoms with Crippen LogP contribution in [0.5, 0.6) is 0 Å². The maximum Gasteiger partial charge on any atom is 0.330 e. The molecule has 0 aliphatic rings. The molecule has 2 N–H and O–H groups in total. The van der Waals surface area contributed by atoms with E-state index in [1.807, 2.05) is 11.5 Å². The first-order valence-corrected chi connectivity index (χ1v) is 11.6. The van der Waals surface area contributed by atoms with Gasteiger partial charge in [-0.15, -0.1) is 0 Å². The zero-order valence-electron chi connectivity index (χ0n) is 19.5. The molecule has 9 heteroatoms. The van der Waals surface area contributed by atoms with Gasteiger partial charge in [-0.2, -0.15) is 0 Å². The van der Waals surface area contributed by atoms with Gasteiger partial charge in [0.1, 0.15) is 11.6 Å². The first-order valence-electron chi connectivity index (χ1n) is 11.6. The van der Waals surface area contributed by atoms with E-state index < -0.39 is 11.2 Å². The van der Waals surface area contributed by atoms with Crippen LogP contribution in [-0.4, -0.2) is 25.0 Å². The molecule has 2 aromatic heterocycles. The van der Waals surface area contributed by atoms with Gasteiger partial charge in [-0.3, -0.25) is 19.1 Å². The molecule has 8 nitrogen and oxygen atoms in total. The highest BCUT2D eigenvalue weighted by Gasteiger charge is 2.19. The Morgan fingerprint density at radius 2 is 1.82 bits per heavy atom. The fourth-order valence-electron chi connectivity index (χ4n) is 3.90. The number of hydrogen-bond donors (Lipinski definition) is 2. The Morgan fingerprint density at radius 1 is 1.09 bits per heavy atom. The lowest BCUT2D eigenvalue weighted by Gasteiger charge is -2.10. The Balaban J connectivity index is 1.90. The maximum absolute atomic E-state index is 13.3. The van der Waals surface area contributed by atoms with E-state index in [4.69, 9.17) is 0 Å². The van der Waals surface area contributed by atoms with Crippen LogP contribution >= 0.6 is 0 Å². The Kier molecular flexibility index (Phi) is 8.19. The van der Waals surface area contributed by atoms with Gasteiger partial charge in [-0.05, 0) is 43.5 Å². The quantitative estimate of drug-likeness (QED) is 0.427. The van der Waals surface area contributed by atoms with Crippen molar-refractivity contribution in [2.24, 2.45) is 0 Å². The van der Waals surface area contributed by atoms with Crippen LogP contribution in [0.1, 0.15) is 63.8 Å². The second-order valence-corrected chi connectivity index (χ2v) is 8.33. The SMILES string of the molecule is CCCCCn1c(CCC(=O)Nc2ccc(F)cc2C)nc2c1c(=O)[nH]c(=O)n2CCCC. The summed E-state index contributed by atoms with van der Waals surface area (Å²) in [6, 6.07) is 4.21. The third kappa shape index (κ3) is 5.77. The van der Waals surface area contributed by atoms with Crippen LogP contribution in [0.3, 0.4) is 0 Å². The number of benzene rings is 1. The second-order valence-electron chi connectivity index (χ2n) is 8.33. The number of H-pyrrole nitrogens is 1. The number of rotatable bonds is 11. The smallest absolute Gasteiger partial charge is 0.326 e. The second kappa shape index (κ2) is 11.1. The molecular weight excluding hydrogens is 425 g/mol. The summed E-state index contributed by atoms with van der Waals surface area (Å²) in [6.07, 6.45) is 5.04. The van der Waals surface area contributed by atoms with Crippen molar-refractivity contribution in [2.75, 3.05) is 5.32 Å². The Labute approximate surface area is 191 Å². The van der Waals surface area contributed by atoms with Gasteiger partial charge in [0, 0.05) is 31.6 Å². The standard InChI is InChI=1S/C24H32FN5O3/c1-4-6-8-14-29-19(11-12-20(31)26-18-10-9-17(25)15-16(18)3)27-22-21(29)23(32)28-24(33)30(22)13-7-5-2/h9-10,15H,4-8,11-14H2,1-3H3,(H,26,31)(H,28,32,33). The van der Waals surface area contributed by atoms with Crippen molar-refractivity contribution in [1.82, 2.24) is 19.1 Å². The number of anilines is 1. The van der Waals surface area contributed by atoms with E-state index in [1.54, 1.807) is 6.92 Å². The van der Waals surface area contributed by atoms with Gasteiger partial charge in [-0.1, -0.05) is 33.1 Å². The number of fused-ring (bicyclic) bond motifs is 1. The number of nitrogens with zero attached hydrogens (tertiary/aromatic N) is 3. The Hall–Kier alpha value is -3.23. The summed E-state index contributed by atoms with van der Waals surface area (Å²) in [5, 5.41) is 2.81. The molecule has 0 bridgehead atoms. The fourth-order valence-corrected chi connectivity index (χ4v) is 3.90. The van der Waals surface area contributed by atoms with E-state index in [0.717, 1.165) is 32.1 Å². The summed E-state index contributed by atoms with van der Waals surface area (Å²) in [5.41, 5.74) is 1.04. The summed E-state index contributed by atoms with van der Waals surface area (Å²) in [6.45, 7) is 6.92. The fraction of sp³-hybridized carbons (Fsp3) is 0.500. The Morgan fingerprint density at radius 3 is 2.52 bits per heavy atom. The molecule has 0 saturated heterocycles. The maximum atomic E-state index is 13.3. The predicted molar refractivity (Wildman–Crippen MR) is 127 cm³/mol. The number of unbranched alkanes of at least 4 members (excludes halogenated alkanes) is 3. The summed E-state index contributed by atoms with van der Waals surface area (Å²) < 4.78 is 16.7. The predicted octanol–water partition coefficient (Wildman–Crippen LogP) is 3.90. The number of hydrogen-bond acceptors (Lipinski definition) is 4. The van der Waals surface area contributed by atoms with E-state index in [-0.39, 0.29) is 18.1 Å². The van der Waals surface area contributed by atoms with Crippen molar-refractivity contribution in [3.63, 3.8) is 0 Å². The largest absolute Gasteiger partial charge is 0.330 e. The number of carbonyl (C=O) groups is 1. The molecule has 0 atom stereocenters. The van der Waals surface area contributed by atoms with Crippen molar-refractivity contribution in [3.05, 3.63) is 56.2 Å². The highest BCUT2D eigenvalue weighted by Crippen LogP contribution is 2.18. The molecule has 0 spiro atoms. The lowest BCUT2D eigenvalue weighted by molar-refractivity contribution is -0.116. The first kappa shape index (κ1) is 24.4. The highest BCUT2D eigenvalue weighted by molar-refractivity contribution is 5.91. The van der Waals surface area contributed by atoms with Gasteiger partial charge >= 0.3 is 5.69 Å². The molecule has 0 saturated carbocycles. The number of carbonyl (C=O) groups excluding carboxylic acids is 1. The minimum atomic E-state index is -0.463. The average Bonchev–Trinajstić information content (AvgIpc) is 3.13. The Bertz CT molecular complexity index is 1240. The summed E-state index contributed by atoms with van der Waals surface area (Å²) in [7, 11) is 0. The van der Waals surface area contributed by atoms with Crippen molar-refractivity contribution >= 4 is 22.8 Å². The molecule has 0 unspecified atom stereocenters. The number of halogens is 1. The van der Waals surface area contributed by atoms with E-state index in [9.17, 15) is 18.8 Å². The van der Waals surface area contributed by atoms with Crippen molar-refractivity contribution in [1.29, 1.82) is 0 Å². The molecule has 2 heterocycles. The molecule has 0 aliphatic heterocycles. The number of aromatic nitrogens is 4. The van der Waals surface area contributed by atoms with E-state index >= 15 is 0 Å². The van der Waals surface area contributed by atoms with Crippen LogP contribution in [0.2, 0.25) is 0 Å². The zero-order valence-corrected chi connectivity index (χ0v) is 19.5. The van der Waals surface area contributed by atoms with Crippen LogP contribution in [0.4, 0.5) is 10.1 Å². The number of aromatic amines is 1. The topological polar surface area (TPSA) is 102 Å². The number of amides is 1. The van der Waals surface area contributed by atoms with Gasteiger partial charge in [0.25, 0.3) is 5.56 Å². The molecule has 33 heavy (non-hydrogen) atoms. The summed E-state index contributed by atoms with van der Waals surface area (Å²) >= 11 is 0. The van der Waals surface area contributed by atoms with Crippen LogP contribution in [-0.2, 0) is 24.3 Å². The molecule has 0 aliphatic carbocycles. The zero-order chi connectivity index (χ0) is 24.0. The molecule has 0 radical (unpaired) electrons. The third-order valence-electron chi connectivity index (χ3n) is 5.72. The van der Waals surface area contributed by atoms with Gasteiger partial charge in [0.2, 0.25) is 5.91 Å². The minimum absolute atomic E-state index is 0.144. The van der Waals surface area contributed by atoms with Crippen LogP contribution in [0.25, 0.3) is 11.2 Å². The van der Waals surface area contributed by atoms with Gasteiger partial charge in [0.05, 0.1) is 0 Å². The van der Waals surface area contributed by atoms with E-state index in [1.165, 1.54) is 22.8 Å². The first-order chi connectivity index (χ1) is 15.8. The normalized spacial score (nSPS) is 11.3. The molecule has 178 valence electrons. The minimum Gasteiger partial charge on any atom is -0.326 e. The van der Waals surface area contributed by atoms with Crippen LogP contribution in [0.15, 0.2) is 27.8 Å². The van der Waals surface area contributed by atoms with E-state index in [2.05, 4.69) is 22.2 Å². The van der Waals surface area contributed by atoms with Crippen LogP contribution in [0, 0.1) is 12.7 Å². The highest BCUT2D eigenvalue weighted by atomic mass is 19.1. The lowest BCUT2D eigenvalue weighted by Crippen LogP contribution is -2.31. The van der Waals surface area contributed by atoms with Crippen molar-refractivity contribution < 1.29 is 9.18 Å². The number of aryl methyl sites for hydroxylation is 4. The van der Waals surface area contributed by atoms with E-state index in [0.29, 0.717) is 47.7 Å². The molecule has 0 fully saturated rings. The van der Waals surface area contributed by atoms with Crippen molar-refractivity contribution in [3.8, 4) is 0 Å². The number of nitrogens with one attached hydrogen (secondary N) is 2. The third-order valence-corrected chi connectivity index (χ3v) is 5.72. The molecule has 1 aromatic carbocycles. The molecular formula is C24H32FN5O3.